The van der Waals surface area contributed by atoms with E-state index in [0.717, 1.165) is 48.5 Å². The largest absolute Gasteiger partial charge is 0.435 e. The fourth-order valence-corrected chi connectivity index (χ4v) is 19.9. The van der Waals surface area contributed by atoms with Crippen LogP contribution in [0.5, 0.6) is 0 Å². The van der Waals surface area contributed by atoms with Crippen molar-refractivity contribution in [2.75, 3.05) is 0 Å². The molecule has 0 unspecified atom stereocenters. The standard InChI is InChI=1S/C57H42N4OSi2/c1-7-24-43(25-8-1)55-58-56(60-57(59-55)61-53-40-21-19-38-51(53)52-39-20-22-41-54(52)61)44-26-23-37-50(42-44)64(48-33-15-5-16-34-48,49-35-17-6-18-36-49)62-63(45-27-9-2-10-28-45,46-29-11-3-12-30-46)47-31-13-4-14-32-47/h1-42H. The summed E-state index contributed by atoms with van der Waals surface area (Å²) in [7, 11) is -6.84. The number of nitrogens with zero attached hydrogens (tertiary/aromatic N) is 4. The third-order valence-corrected chi connectivity index (χ3v) is 21.5. The van der Waals surface area contributed by atoms with Crippen LogP contribution in [0.15, 0.2) is 255 Å². The summed E-state index contributed by atoms with van der Waals surface area (Å²) in [4.78, 5) is 15.9. The Bertz CT molecular complexity index is 3160. The van der Waals surface area contributed by atoms with Gasteiger partial charge in [0.05, 0.1) is 11.0 Å². The lowest BCUT2D eigenvalue weighted by Gasteiger charge is -2.44. The summed E-state index contributed by atoms with van der Waals surface area (Å²) < 4.78 is 10.8. The Morgan fingerprint density at radius 1 is 0.297 bits per heavy atom. The Hall–Kier alpha value is -7.82. The third kappa shape index (κ3) is 6.79. The van der Waals surface area contributed by atoms with Crippen LogP contribution in [-0.2, 0) is 4.12 Å². The van der Waals surface area contributed by atoms with Gasteiger partial charge in [-0.3, -0.25) is 4.57 Å². The van der Waals surface area contributed by atoms with Crippen molar-refractivity contribution in [3.05, 3.63) is 255 Å². The van der Waals surface area contributed by atoms with Gasteiger partial charge in [0, 0.05) is 21.9 Å². The van der Waals surface area contributed by atoms with Gasteiger partial charge in [0.2, 0.25) is 5.95 Å². The van der Waals surface area contributed by atoms with E-state index >= 15 is 0 Å². The van der Waals surface area contributed by atoms with E-state index < -0.39 is 16.6 Å². The Labute approximate surface area is 374 Å². The van der Waals surface area contributed by atoms with E-state index in [4.69, 9.17) is 19.1 Å². The first-order valence-corrected chi connectivity index (χ1v) is 25.4. The van der Waals surface area contributed by atoms with Gasteiger partial charge in [0.15, 0.2) is 11.6 Å². The predicted molar refractivity (Wildman–Crippen MR) is 268 cm³/mol. The van der Waals surface area contributed by atoms with Gasteiger partial charge in [0.1, 0.15) is 0 Å². The predicted octanol–water partition coefficient (Wildman–Crippen LogP) is 8.95. The second-order valence-electron chi connectivity index (χ2n) is 15.9. The van der Waals surface area contributed by atoms with Crippen molar-refractivity contribution in [2.24, 2.45) is 0 Å². The van der Waals surface area contributed by atoms with E-state index in [2.05, 4.69) is 241 Å². The molecule has 0 amide bonds. The molecule has 0 aliphatic rings. The highest BCUT2D eigenvalue weighted by atomic mass is 28.4. The molecule has 11 rings (SSSR count). The topological polar surface area (TPSA) is 52.8 Å². The molecular formula is C57H42N4OSi2. The van der Waals surface area contributed by atoms with Crippen molar-refractivity contribution >= 4 is 69.6 Å². The maximum Gasteiger partial charge on any atom is 0.278 e. The molecule has 0 atom stereocenters. The minimum Gasteiger partial charge on any atom is -0.435 e. The third-order valence-electron chi connectivity index (χ3n) is 12.2. The maximum atomic E-state index is 8.63. The molecule has 0 bridgehead atoms. The second kappa shape index (κ2) is 16.8. The average molecular weight is 855 g/mol. The number of hydrogen-bond donors (Lipinski definition) is 0. The SMILES string of the molecule is c1ccc(-c2nc(-c3cccc([Si](O[Si](c4ccccc4)(c4ccccc4)c4ccccc4)(c4ccccc4)c4ccccc4)c3)nc(-n3c4ccccc4c4ccccc43)n2)cc1. The zero-order valence-corrected chi connectivity index (χ0v) is 36.9. The minimum atomic E-state index is -3.50. The van der Waals surface area contributed by atoms with Crippen LogP contribution < -0.4 is 31.1 Å². The smallest absolute Gasteiger partial charge is 0.278 e. The molecule has 0 spiro atoms. The van der Waals surface area contributed by atoms with Crippen molar-refractivity contribution in [1.29, 1.82) is 0 Å². The van der Waals surface area contributed by atoms with Crippen LogP contribution in [0.2, 0.25) is 0 Å². The van der Waals surface area contributed by atoms with E-state index in [1.165, 1.54) is 15.6 Å². The molecule has 11 aromatic rings. The van der Waals surface area contributed by atoms with Gasteiger partial charge in [0.25, 0.3) is 16.6 Å². The molecule has 0 saturated heterocycles. The van der Waals surface area contributed by atoms with Gasteiger partial charge in [-0.15, -0.1) is 0 Å². The number of para-hydroxylation sites is 2. The fourth-order valence-electron chi connectivity index (χ4n) is 9.27. The Morgan fingerprint density at radius 2 is 0.625 bits per heavy atom. The molecule has 9 aromatic carbocycles. The molecular weight excluding hydrogens is 813 g/mol. The molecule has 0 N–H and O–H groups in total. The molecule has 2 aromatic heterocycles. The zero-order chi connectivity index (χ0) is 42.8. The van der Waals surface area contributed by atoms with E-state index in [-0.39, 0.29) is 0 Å². The maximum absolute atomic E-state index is 8.63. The van der Waals surface area contributed by atoms with Crippen LogP contribution in [0, 0.1) is 0 Å². The van der Waals surface area contributed by atoms with Crippen molar-refractivity contribution in [3.8, 4) is 28.7 Å². The summed E-state index contributed by atoms with van der Waals surface area (Å²) in [5, 5.41) is 9.18. The summed E-state index contributed by atoms with van der Waals surface area (Å²) in [5.41, 5.74) is 3.85. The summed E-state index contributed by atoms with van der Waals surface area (Å²) in [5.74, 6) is 1.73. The normalized spacial score (nSPS) is 11.8. The summed E-state index contributed by atoms with van der Waals surface area (Å²) in [6.45, 7) is 0. The Morgan fingerprint density at radius 3 is 1.06 bits per heavy atom. The first-order chi connectivity index (χ1) is 31.7. The first-order valence-electron chi connectivity index (χ1n) is 21.6. The number of rotatable bonds is 11. The number of aromatic nitrogens is 4. The Kier molecular flexibility index (Phi) is 10.3. The van der Waals surface area contributed by atoms with Gasteiger partial charge in [-0.05, 0) is 49.3 Å². The highest BCUT2D eigenvalue weighted by molar-refractivity contribution is 7.18. The van der Waals surface area contributed by atoms with E-state index in [1.807, 2.05) is 18.2 Å². The van der Waals surface area contributed by atoms with Crippen molar-refractivity contribution in [3.63, 3.8) is 0 Å². The van der Waals surface area contributed by atoms with Gasteiger partial charge >= 0.3 is 0 Å². The summed E-state index contributed by atoms with van der Waals surface area (Å²) >= 11 is 0. The van der Waals surface area contributed by atoms with E-state index in [0.29, 0.717) is 17.6 Å². The molecule has 0 aliphatic carbocycles. The number of benzene rings is 9. The first kappa shape index (κ1) is 39.1. The summed E-state index contributed by atoms with van der Waals surface area (Å²) in [6.07, 6.45) is 0. The van der Waals surface area contributed by atoms with Crippen LogP contribution in [-0.4, -0.2) is 36.2 Å². The quantitative estimate of drug-likeness (QED) is 0.0964. The van der Waals surface area contributed by atoms with Crippen LogP contribution in [0.1, 0.15) is 0 Å². The van der Waals surface area contributed by atoms with Crippen LogP contribution in [0.4, 0.5) is 0 Å². The number of fused-ring (bicyclic) bond motifs is 3. The van der Waals surface area contributed by atoms with Gasteiger partial charge < -0.3 is 4.12 Å². The number of hydrogen-bond acceptors (Lipinski definition) is 4. The molecule has 5 nitrogen and oxygen atoms in total. The Balaban J connectivity index is 1.20. The molecule has 0 aliphatic heterocycles. The lowest BCUT2D eigenvalue weighted by molar-refractivity contribution is 0.600. The monoisotopic (exact) mass is 854 g/mol. The van der Waals surface area contributed by atoms with E-state index in [1.54, 1.807) is 0 Å². The second-order valence-corrected chi connectivity index (χ2v) is 22.9. The molecule has 64 heavy (non-hydrogen) atoms. The van der Waals surface area contributed by atoms with Gasteiger partial charge in [-0.25, -0.2) is 4.98 Å². The average Bonchev–Trinajstić information content (AvgIpc) is 3.73. The van der Waals surface area contributed by atoms with Crippen molar-refractivity contribution < 1.29 is 4.12 Å². The molecule has 7 heteroatoms. The van der Waals surface area contributed by atoms with Crippen molar-refractivity contribution in [2.45, 2.75) is 0 Å². The zero-order valence-electron chi connectivity index (χ0n) is 34.9. The highest BCUT2D eigenvalue weighted by Gasteiger charge is 2.53. The minimum absolute atomic E-state index is 0.557. The molecule has 0 radical (unpaired) electrons. The molecule has 2 heterocycles. The van der Waals surface area contributed by atoms with Crippen LogP contribution in [0.25, 0.3) is 50.5 Å². The van der Waals surface area contributed by atoms with Gasteiger partial charge in [-0.2, -0.15) is 9.97 Å². The lowest BCUT2D eigenvalue weighted by atomic mass is 10.2. The van der Waals surface area contributed by atoms with Crippen LogP contribution in [0.3, 0.4) is 0 Å². The van der Waals surface area contributed by atoms with Gasteiger partial charge in [-0.1, -0.05) is 237 Å². The van der Waals surface area contributed by atoms with Crippen LogP contribution >= 0.6 is 0 Å². The lowest BCUT2D eigenvalue weighted by Crippen LogP contribution is -2.81. The molecule has 0 saturated carbocycles. The highest BCUT2D eigenvalue weighted by Crippen LogP contribution is 2.32. The molecule has 0 fully saturated rings. The summed E-state index contributed by atoms with van der Waals surface area (Å²) in [6, 6.07) is 90.3. The van der Waals surface area contributed by atoms with Crippen molar-refractivity contribution in [1.82, 2.24) is 19.5 Å². The van der Waals surface area contributed by atoms with E-state index in [9.17, 15) is 0 Å². The fraction of sp³-hybridized carbons (Fsp3) is 0. The molecule has 304 valence electrons.